The first-order valence-corrected chi connectivity index (χ1v) is 7.22. The van der Waals surface area contributed by atoms with Crippen molar-refractivity contribution in [2.45, 2.75) is 5.16 Å². The second kappa shape index (κ2) is 7.45. The lowest BCUT2D eigenvalue weighted by molar-refractivity contribution is 0.407. The van der Waals surface area contributed by atoms with Gasteiger partial charge in [-0.25, -0.2) is 0 Å². The molecule has 0 saturated carbocycles. The van der Waals surface area contributed by atoms with Crippen LogP contribution in [0, 0.1) is 0 Å². The molecule has 92 valence electrons. The van der Waals surface area contributed by atoms with Crippen LogP contribution in [0.5, 0.6) is 0 Å². The van der Waals surface area contributed by atoms with E-state index >= 15 is 0 Å². The van der Waals surface area contributed by atoms with Crippen LogP contribution < -0.4 is 0 Å². The zero-order valence-electron chi connectivity index (χ0n) is 9.60. The van der Waals surface area contributed by atoms with Crippen molar-refractivity contribution in [1.82, 2.24) is 20.2 Å². The normalized spacial score (nSPS) is 10.7. The maximum absolute atomic E-state index is 5.30. The van der Waals surface area contributed by atoms with Gasteiger partial charge in [0.15, 0.2) is 0 Å². The van der Waals surface area contributed by atoms with Crippen molar-refractivity contribution >= 4 is 31.7 Å². The standard InChI is InChI=1S/C10H11BN4OS2/c11-8-18-16-6-7-17-10-12-13-14-15(10)9-4-2-1-3-5-9/h1-5H,6-8H2. The number of thioether (sulfide) groups is 1. The summed E-state index contributed by atoms with van der Waals surface area (Å²) in [4.78, 5) is 0. The van der Waals surface area contributed by atoms with Gasteiger partial charge in [-0.1, -0.05) is 30.0 Å². The first kappa shape index (κ1) is 13.4. The molecule has 0 spiro atoms. The first-order chi connectivity index (χ1) is 8.92. The van der Waals surface area contributed by atoms with Gasteiger partial charge in [-0.15, -0.1) is 5.10 Å². The van der Waals surface area contributed by atoms with Crippen molar-refractivity contribution in [1.29, 1.82) is 0 Å². The molecule has 1 heterocycles. The Kier molecular flexibility index (Phi) is 5.57. The third-order valence-electron chi connectivity index (χ3n) is 1.99. The molecule has 2 radical (unpaired) electrons. The Hall–Kier alpha value is -0.985. The van der Waals surface area contributed by atoms with Gasteiger partial charge >= 0.3 is 0 Å². The van der Waals surface area contributed by atoms with E-state index in [2.05, 4.69) is 15.5 Å². The van der Waals surface area contributed by atoms with Gasteiger partial charge in [-0.3, -0.25) is 0 Å². The zero-order chi connectivity index (χ0) is 12.6. The number of rotatable bonds is 7. The highest BCUT2D eigenvalue weighted by Gasteiger charge is 2.07. The van der Waals surface area contributed by atoms with Crippen LogP contribution in [0.15, 0.2) is 35.5 Å². The molecule has 8 heteroatoms. The summed E-state index contributed by atoms with van der Waals surface area (Å²) in [7, 11) is 5.30. The van der Waals surface area contributed by atoms with E-state index in [1.165, 1.54) is 12.0 Å². The van der Waals surface area contributed by atoms with E-state index in [0.29, 0.717) is 12.3 Å². The van der Waals surface area contributed by atoms with Crippen LogP contribution in [0.25, 0.3) is 5.69 Å². The quantitative estimate of drug-likeness (QED) is 0.331. The minimum absolute atomic E-state index is 0.465. The van der Waals surface area contributed by atoms with Crippen molar-refractivity contribution < 1.29 is 4.18 Å². The van der Waals surface area contributed by atoms with Crippen molar-refractivity contribution in [2.75, 3.05) is 18.0 Å². The van der Waals surface area contributed by atoms with Crippen LogP contribution >= 0.6 is 23.8 Å². The molecule has 0 atom stereocenters. The summed E-state index contributed by atoms with van der Waals surface area (Å²) in [5.74, 6) is 0.778. The summed E-state index contributed by atoms with van der Waals surface area (Å²) in [6, 6.07) is 9.78. The number of hydrogen-bond donors (Lipinski definition) is 0. The van der Waals surface area contributed by atoms with E-state index in [1.54, 1.807) is 16.4 Å². The van der Waals surface area contributed by atoms with Crippen LogP contribution in [0.3, 0.4) is 0 Å². The minimum Gasteiger partial charge on any atom is -0.315 e. The predicted octanol–water partition coefficient (Wildman–Crippen LogP) is 1.55. The van der Waals surface area contributed by atoms with Gasteiger partial charge < -0.3 is 4.18 Å². The molecule has 0 saturated heterocycles. The van der Waals surface area contributed by atoms with Gasteiger partial charge in [0, 0.05) is 5.75 Å². The van der Waals surface area contributed by atoms with E-state index in [0.717, 1.165) is 16.6 Å². The molecular formula is C10H11BN4OS2. The Bertz CT molecular complexity index is 468. The van der Waals surface area contributed by atoms with E-state index in [-0.39, 0.29) is 0 Å². The molecule has 1 aromatic carbocycles. The molecular weight excluding hydrogens is 267 g/mol. The van der Waals surface area contributed by atoms with Gasteiger partial charge in [0.25, 0.3) is 0 Å². The van der Waals surface area contributed by atoms with Gasteiger partial charge in [0.2, 0.25) is 5.16 Å². The molecule has 0 aliphatic carbocycles. The van der Waals surface area contributed by atoms with E-state index in [1.807, 2.05) is 30.3 Å². The summed E-state index contributed by atoms with van der Waals surface area (Å²) >= 11 is 2.80. The molecule has 0 fully saturated rings. The summed E-state index contributed by atoms with van der Waals surface area (Å²) < 4.78 is 6.93. The van der Waals surface area contributed by atoms with Gasteiger partial charge in [0.05, 0.1) is 20.1 Å². The van der Waals surface area contributed by atoms with Crippen molar-refractivity contribution in [3.05, 3.63) is 30.3 Å². The van der Waals surface area contributed by atoms with E-state index < -0.39 is 0 Å². The lowest BCUT2D eigenvalue weighted by Gasteiger charge is -2.03. The number of benzene rings is 1. The highest BCUT2D eigenvalue weighted by Crippen LogP contribution is 2.18. The predicted molar refractivity (Wildman–Crippen MR) is 74.0 cm³/mol. The third-order valence-corrected chi connectivity index (χ3v) is 3.34. The molecule has 1 aromatic heterocycles. The molecule has 2 rings (SSSR count). The smallest absolute Gasteiger partial charge is 0.214 e. The minimum atomic E-state index is 0.465. The summed E-state index contributed by atoms with van der Waals surface area (Å²) in [5.41, 5.74) is 1.41. The van der Waals surface area contributed by atoms with Gasteiger partial charge in [0.1, 0.15) is 0 Å². The molecule has 0 bridgehead atoms. The third kappa shape index (κ3) is 3.76. The highest BCUT2D eigenvalue weighted by atomic mass is 32.2. The van der Waals surface area contributed by atoms with Crippen LogP contribution in [-0.4, -0.2) is 46.1 Å². The highest BCUT2D eigenvalue weighted by molar-refractivity contribution is 7.99. The van der Waals surface area contributed by atoms with Crippen molar-refractivity contribution in [2.24, 2.45) is 0 Å². The van der Waals surface area contributed by atoms with Crippen molar-refractivity contribution in [3.63, 3.8) is 0 Å². The van der Waals surface area contributed by atoms with Gasteiger partial charge in [-0.2, -0.15) is 4.68 Å². The van der Waals surface area contributed by atoms with Crippen LogP contribution in [0.4, 0.5) is 0 Å². The first-order valence-electron chi connectivity index (χ1n) is 5.33. The number of aromatic nitrogens is 4. The number of para-hydroxylation sites is 1. The Morgan fingerprint density at radius 1 is 1.28 bits per heavy atom. The Morgan fingerprint density at radius 2 is 2.11 bits per heavy atom. The Morgan fingerprint density at radius 3 is 2.89 bits per heavy atom. The van der Waals surface area contributed by atoms with Crippen LogP contribution in [0.2, 0.25) is 0 Å². The topological polar surface area (TPSA) is 52.8 Å². The molecule has 18 heavy (non-hydrogen) atoms. The van der Waals surface area contributed by atoms with Crippen molar-refractivity contribution in [3.8, 4) is 5.69 Å². The number of tetrazole rings is 1. The number of hydrogen-bond acceptors (Lipinski definition) is 6. The average Bonchev–Trinajstić information content (AvgIpc) is 2.88. The average molecular weight is 278 g/mol. The molecule has 0 N–H and O–H groups in total. The summed E-state index contributed by atoms with van der Waals surface area (Å²) in [6.45, 7) is 0.605. The summed E-state index contributed by atoms with van der Waals surface area (Å²) in [5, 5.41) is 12.4. The van der Waals surface area contributed by atoms with Crippen LogP contribution in [-0.2, 0) is 4.18 Å². The van der Waals surface area contributed by atoms with Gasteiger partial charge in [-0.05, 0) is 40.3 Å². The fraction of sp³-hybridized carbons (Fsp3) is 0.300. The fourth-order valence-corrected chi connectivity index (χ4v) is 2.38. The molecule has 0 amide bonds. The second-order valence-electron chi connectivity index (χ2n) is 3.16. The molecule has 0 aliphatic rings. The molecule has 0 unspecified atom stereocenters. The van der Waals surface area contributed by atoms with Crippen LogP contribution in [0.1, 0.15) is 0 Å². The largest absolute Gasteiger partial charge is 0.315 e. The Labute approximate surface area is 115 Å². The SMILES string of the molecule is [B]CSOCCSc1nnnn1-c1ccccc1. The second-order valence-corrected chi connectivity index (χ2v) is 5.03. The van der Waals surface area contributed by atoms with E-state index in [9.17, 15) is 0 Å². The van der Waals surface area contributed by atoms with E-state index in [4.69, 9.17) is 12.0 Å². The molecule has 5 nitrogen and oxygen atoms in total. The lowest BCUT2D eigenvalue weighted by Crippen LogP contribution is -2.00. The fourth-order valence-electron chi connectivity index (χ4n) is 1.27. The monoisotopic (exact) mass is 278 g/mol. The lowest BCUT2D eigenvalue weighted by atomic mass is 10.2. The molecule has 0 aliphatic heterocycles. The maximum Gasteiger partial charge on any atom is 0.214 e. The Balaban J connectivity index is 1.92. The number of nitrogens with zero attached hydrogens (tertiary/aromatic N) is 4. The maximum atomic E-state index is 5.30. The summed E-state index contributed by atoms with van der Waals surface area (Å²) in [6.07, 6.45) is 0. The zero-order valence-corrected chi connectivity index (χ0v) is 11.2. The molecule has 2 aromatic rings.